The average Bonchev–Trinajstić information content (AvgIpc) is 2.87. The van der Waals surface area contributed by atoms with Gasteiger partial charge in [0.1, 0.15) is 5.41 Å². The fourth-order valence-electron chi connectivity index (χ4n) is 2.40. The second-order valence-electron chi connectivity index (χ2n) is 4.68. The second kappa shape index (κ2) is 6.01. The summed E-state index contributed by atoms with van der Waals surface area (Å²) < 4.78 is 0. The summed E-state index contributed by atoms with van der Waals surface area (Å²) in [6.07, 6.45) is 3.49. The Bertz CT molecular complexity index is 315. The largest absolute Gasteiger partial charge is 0.354 e. The standard InChI is InChI=1S/C12H18N2OS2/c13-9-12(3-1-2-4-12)11(15)14-7-10-8-16-5-6-17-10/h10H,1-8H2,(H,14,15). The van der Waals surface area contributed by atoms with Gasteiger partial charge in [-0.1, -0.05) is 12.8 Å². The van der Waals surface area contributed by atoms with Gasteiger partial charge in [0, 0.05) is 29.1 Å². The summed E-state index contributed by atoms with van der Waals surface area (Å²) in [7, 11) is 0. The minimum atomic E-state index is -0.716. The Labute approximate surface area is 111 Å². The van der Waals surface area contributed by atoms with Gasteiger partial charge in [0.15, 0.2) is 0 Å². The van der Waals surface area contributed by atoms with Crippen LogP contribution in [0.5, 0.6) is 0 Å². The van der Waals surface area contributed by atoms with Crippen LogP contribution in [-0.4, -0.2) is 35.0 Å². The quantitative estimate of drug-likeness (QED) is 0.852. The number of nitrogens with one attached hydrogen (secondary N) is 1. The van der Waals surface area contributed by atoms with E-state index in [0.29, 0.717) is 5.25 Å². The van der Waals surface area contributed by atoms with E-state index in [1.54, 1.807) is 0 Å². The molecule has 2 rings (SSSR count). The van der Waals surface area contributed by atoms with Gasteiger partial charge in [0.05, 0.1) is 6.07 Å². The van der Waals surface area contributed by atoms with E-state index < -0.39 is 5.41 Å². The highest BCUT2D eigenvalue weighted by atomic mass is 32.2. The molecule has 1 aliphatic carbocycles. The number of carbonyl (C=O) groups is 1. The molecular formula is C12H18N2OS2. The molecule has 1 heterocycles. The summed E-state index contributed by atoms with van der Waals surface area (Å²) in [5.74, 6) is 3.48. The molecule has 1 atom stereocenters. The lowest BCUT2D eigenvalue weighted by Crippen LogP contribution is -2.42. The van der Waals surface area contributed by atoms with Crippen LogP contribution in [0.3, 0.4) is 0 Å². The zero-order chi connectivity index (χ0) is 12.1. The molecule has 0 aromatic heterocycles. The molecule has 2 aliphatic rings. The molecule has 1 amide bonds. The Hall–Kier alpha value is -0.340. The maximum Gasteiger partial charge on any atom is 0.240 e. The zero-order valence-electron chi connectivity index (χ0n) is 9.91. The summed E-state index contributed by atoms with van der Waals surface area (Å²) >= 11 is 3.89. The molecule has 94 valence electrons. The van der Waals surface area contributed by atoms with E-state index in [0.717, 1.165) is 38.0 Å². The third-order valence-corrected chi connectivity index (χ3v) is 6.33. The lowest BCUT2D eigenvalue weighted by Gasteiger charge is -2.24. The van der Waals surface area contributed by atoms with Gasteiger partial charge < -0.3 is 5.32 Å². The van der Waals surface area contributed by atoms with E-state index in [2.05, 4.69) is 11.4 Å². The molecule has 3 nitrogen and oxygen atoms in total. The Morgan fingerprint density at radius 1 is 1.41 bits per heavy atom. The smallest absolute Gasteiger partial charge is 0.240 e. The van der Waals surface area contributed by atoms with Crippen LogP contribution in [0.4, 0.5) is 0 Å². The van der Waals surface area contributed by atoms with Gasteiger partial charge in [0.2, 0.25) is 5.91 Å². The van der Waals surface area contributed by atoms with Crippen LogP contribution in [-0.2, 0) is 4.79 Å². The number of hydrogen-bond donors (Lipinski definition) is 1. The first-order chi connectivity index (χ1) is 8.27. The van der Waals surface area contributed by atoms with Crippen LogP contribution in [0.1, 0.15) is 25.7 Å². The molecule has 1 aliphatic heterocycles. The molecule has 1 saturated carbocycles. The average molecular weight is 270 g/mol. The maximum atomic E-state index is 12.1. The summed E-state index contributed by atoms with van der Waals surface area (Å²) in [6, 6.07) is 2.24. The molecule has 0 aromatic carbocycles. The Balaban J connectivity index is 1.82. The van der Waals surface area contributed by atoms with Crippen molar-refractivity contribution in [2.75, 3.05) is 23.8 Å². The molecule has 1 saturated heterocycles. The van der Waals surface area contributed by atoms with Crippen LogP contribution in [0, 0.1) is 16.7 Å². The minimum Gasteiger partial charge on any atom is -0.354 e. The van der Waals surface area contributed by atoms with Gasteiger partial charge in [0.25, 0.3) is 0 Å². The first kappa shape index (κ1) is 13.1. The monoisotopic (exact) mass is 270 g/mol. The van der Waals surface area contributed by atoms with Crippen molar-refractivity contribution in [1.29, 1.82) is 5.26 Å². The van der Waals surface area contributed by atoms with Crippen LogP contribution < -0.4 is 5.32 Å². The molecule has 5 heteroatoms. The predicted molar refractivity (Wildman–Crippen MR) is 73.1 cm³/mol. The van der Waals surface area contributed by atoms with Crippen LogP contribution in [0.15, 0.2) is 0 Å². The van der Waals surface area contributed by atoms with Crippen LogP contribution >= 0.6 is 23.5 Å². The van der Waals surface area contributed by atoms with E-state index in [1.165, 1.54) is 11.5 Å². The highest BCUT2D eigenvalue weighted by molar-refractivity contribution is 8.06. The Kier molecular flexibility index (Phi) is 4.63. The molecule has 17 heavy (non-hydrogen) atoms. The first-order valence-corrected chi connectivity index (χ1v) is 8.36. The minimum absolute atomic E-state index is 0.0336. The summed E-state index contributed by atoms with van der Waals surface area (Å²) in [4.78, 5) is 12.1. The Morgan fingerprint density at radius 2 is 2.18 bits per heavy atom. The van der Waals surface area contributed by atoms with E-state index in [4.69, 9.17) is 0 Å². The predicted octanol–water partition coefficient (Wildman–Crippen LogP) is 2.04. The maximum absolute atomic E-state index is 12.1. The van der Waals surface area contributed by atoms with Gasteiger partial charge >= 0.3 is 0 Å². The number of carbonyl (C=O) groups excluding carboxylic acids is 1. The molecule has 0 bridgehead atoms. The Morgan fingerprint density at radius 3 is 2.76 bits per heavy atom. The molecule has 0 spiro atoms. The molecule has 1 N–H and O–H groups in total. The van der Waals surface area contributed by atoms with Crippen molar-refractivity contribution in [2.45, 2.75) is 30.9 Å². The molecule has 1 unspecified atom stereocenters. The number of hydrogen-bond acceptors (Lipinski definition) is 4. The van der Waals surface area contributed by atoms with Gasteiger partial charge in [-0.15, -0.1) is 0 Å². The lowest BCUT2D eigenvalue weighted by molar-refractivity contribution is -0.127. The number of nitrogens with zero attached hydrogens (tertiary/aromatic N) is 1. The fraction of sp³-hybridized carbons (Fsp3) is 0.833. The van der Waals surface area contributed by atoms with Crippen molar-refractivity contribution < 1.29 is 4.79 Å². The third kappa shape index (κ3) is 3.11. The van der Waals surface area contributed by atoms with Crippen LogP contribution in [0.2, 0.25) is 0 Å². The van der Waals surface area contributed by atoms with Crippen molar-refractivity contribution in [2.24, 2.45) is 5.41 Å². The first-order valence-electron chi connectivity index (χ1n) is 6.16. The highest BCUT2D eigenvalue weighted by Gasteiger charge is 2.41. The normalized spacial score (nSPS) is 27.4. The van der Waals surface area contributed by atoms with Crippen molar-refractivity contribution in [1.82, 2.24) is 5.32 Å². The van der Waals surface area contributed by atoms with Gasteiger partial charge in [-0.05, 0) is 12.8 Å². The number of nitriles is 1. The topological polar surface area (TPSA) is 52.9 Å². The summed E-state index contributed by atoms with van der Waals surface area (Å²) in [5.41, 5.74) is -0.716. The molecule has 0 aromatic rings. The molecule has 2 fully saturated rings. The second-order valence-corrected chi connectivity index (χ2v) is 7.24. The van der Waals surface area contributed by atoms with Crippen LogP contribution in [0.25, 0.3) is 0 Å². The summed E-state index contributed by atoms with van der Waals surface area (Å²) in [5, 5.41) is 12.7. The molecular weight excluding hydrogens is 252 g/mol. The SMILES string of the molecule is N#CC1(C(=O)NCC2CSCCS2)CCCC1. The van der Waals surface area contributed by atoms with Crippen molar-refractivity contribution in [3.05, 3.63) is 0 Å². The summed E-state index contributed by atoms with van der Waals surface area (Å²) in [6.45, 7) is 0.722. The number of amides is 1. The van der Waals surface area contributed by atoms with Gasteiger partial charge in [-0.25, -0.2) is 0 Å². The highest BCUT2D eigenvalue weighted by Crippen LogP contribution is 2.37. The lowest BCUT2D eigenvalue weighted by atomic mass is 9.87. The number of thioether (sulfide) groups is 2. The fourth-order valence-corrected chi connectivity index (χ4v) is 5.01. The van der Waals surface area contributed by atoms with E-state index in [1.807, 2.05) is 23.5 Å². The van der Waals surface area contributed by atoms with Crippen molar-refractivity contribution in [3.8, 4) is 6.07 Å². The number of rotatable bonds is 3. The zero-order valence-corrected chi connectivity index (χ0v) is 11.5. The van der Waals surface area contributed by atoms with Crippen molar-refractivity contribution in [3.63, 3.8) is 0 Å². The van der Waals surface area contributed by atoms with Gasteiger partial charge in [-0.2, -0.15) is 28.8 Å². The van der Waals surface area contributed by atoms with E-state index in [9.17, 15) is 10.1 Å². The van der Waals surface area contributed by atoms with Crippen molar-refractivity contribution >= 4 is 29.4 Å². The van der Waals surface area contributed by atoms with Gasteiger partial charge in [-0.3, -0.25) is 4.79 Å². The van der Waals surface area contributed by atoms with E-state index in [-0.39, 0.29) is 5.91 Å². The van der Waals surface area contributed by atoms with E-state index >= 15 is 0 Å². The third-order valence-electron chi connectivity index (χ3n) is 3.48. The molecule has 0 radical (unpaired) electrons.